The average molecular weight is 269 g/mol. The van der Waals surface area contributed by atoms with E-state index in [-0.39, 0.29) is 5.97 Å². The second-order valence-corrected chi connectivity index (χ2v) is 5.62. The molecule has 2 rings (SSSR count). The highest BCUT2D eigenvalue weighted by atomic mass is 32.2. The van der Waals surface area contributed by atoms with Crippen LogP contribution < -0.4 is 0 Å². The van der Waals surface area contributed by atoms with Gasteiger partial charge in [0.2, 0.25) is 5.82 Å². The number of hydrogen-bond donors (Lipinski definition) is 0. The highest BCUT2D eigenvalue weighted by Gasteiger charge is 2.30. The lowest BCUT2D eigenvalue weighted by Crippen LogP contribution is -2.18. The average Bonchev–Trinajstić information content (AvgIpc) is 2.95. The topological polar surface area (TPSA) is 57.0 Å². The van der Waals surface area contributed by atoms with Crippen molar-refractivity contribution in [2.24, 2.45) is 0 Å². The predicted octanol–water partition coefficient (Wildman–Crippen LogP) is 2.22. The quantitative estimate of drug-likeness (QED) is 0.784. The standard InChI is InChI=1S/C12H19N3O2S/c1-4-17-12(16)11-14-13-8(2)15(11)9-5-6-10(7-9)18-3/h9-10H,4-7H2,1-3H3. The van der Waals surface area contributed by atoms with Gasteiger partial charge in [0, 0.05) is 11.3 Å². The van der Waals surface area contributed by atoms with Crippen molar-refractivity contribution in [2.45, 2.75) is 44.4 Å². The molecule has 1 saturated carbocycles. The fourth-order valence-electron chi connectivity index (χ4n) is 2.51. The van der Waals surface area contributed by atoms with Crippen molar-refractivity contribution in [3.63, 3.8) is 0 Å². The number of nitrogens with zero attached hydrogens (tertiary/aromatic N) is 3. The van der Waals surface area contributed by atoms with E-state index in [0.717, 1.165) is 18.7 Å². The minimum absolute atomic E-state index is 0.330. The van der Waals surface area contributed by atoms with Crippen molar-refractivity contribution in [2.75, 3.05) is 12.9 Å². The van der Waals surface area contributed by atoms with Crippen molar-refractivity contribution in [1.82, 2.24) is 14.8 Å². The zero-order valence-corrected chi connectivity index (χ0v) is 11.9. The lowest BCUT2D eigenvalue weighted by Gasteiger charge is -2.15. The van der Waals surface area contributed by atoms with Crippen LogP contribution in [0.25, 0.3) is 0 Å². The molecule has 1 aromatic rings. The summed E-state index contributed by atoms with van der Waals surface area (Å²) in [7, 11) is 0. The molecule has 2 unspecified atom stereocenters. The molecule has 5 nitrogen and oxygen atoms in total. The van der Waals surface area contributed by atoms with Crippen LogP contribution in [0.1, 0.15) is 48.7 Å². The number of hydrogen-bond acceptors (Lipinski definition) is 5. The summed E-state index contributed by atoms with van der Waals surface area (Å²) >= 11 is 1.89. The van der Waals surface area contributed by atoms with Crippen LogP contribution in [0.2, 0.25) is 0 Å². The van der Waals surface area contributed by atoms with Crippen molar-refractivity contribution >= 4 is 17.7 Å². The molecule has 1 aliphatic rings. The molecule has 6 heteroatoms. The van der Waals surface area contributed by atoms with Crippen LogP contribution in [0.15, 0.2) is 0 Å². The Labute approximate surface area is 111 Å². The van der Waals surface area contributed by atoms with Gasteiger partial charge in [-0.2, -0.15) is 11.8 Å². The fourth-order valence-corrected chi connectivity index (χ4v) is 3.29. The van der Waals surface area contributed by atoms with Gasteiger partial charge in [-0.3, -0.25) is 0 Å². The van der Waals surface area contributed by atoms with Gasteiger partial charge in [0.05, 0.1) is 6.61 Å². The smallest absolute Gasteiger partial charge is 0.376 e. The number of aryl methyl sites for hydroxylation is 1. The molecule has 1 aliphatic carbocycles. The SMILES string of the molecule is CCOC(=O)c1nnc(C)n1C1CCC(SC)C1. The first-order chi connectivity index (χ1) is 8.67. The summed E-state index contributed by atoms with van der Waals surface area (Å²) in [6, 6.07) is 0.330. The lowest BCUT2D eigenvalue weighted by atomic mass is 10.2. The Morgan fingerprint density at radius 3 is 2.89 bits per heavy atom. The Bertz CT molecular complexity index is 433. The molecule has 0 saturated heterocycles. The first kappa shape index (κ1) is 13.4. The Morgan fingerprint density at radius 1 is 1.50 bits per heavy atom. The van der Waals surface area contributed by atoms with Crippen LogP contribution in [-0.2, 0) is 4.74 Å². The number of thioether (sulfide) groups is 1. The molecule has 100 valence electrons. The van der Waals surface area contributed by atoms with Gasteiger partial charge >= 0.3 is 5.97 Å². The second kappa shape index (κ2) is 5.73. The minimum Gasteiger partial charge on any atom is -0.460 e. The van der Waals surface area contributed by atoms with E-state index < -0.39 is 0 Å². The fraction of sp³-hybridized carbons (Fsp3) is 0.750. The molecule has 18 heavy (non-hydrogen) atoms. The van der Waals surface area contributed by atoms with Crippen LogP contribution in [-0.4, -0.2) is 38.8 Å². The highest BCUT2D eigenvalue weighted by Crippen LogP contribution is 2.37. The van der Waals surface area contributed by atoms with E-state index in [4.69, 9.17) is 4.74 Å². The first-order valence-corrected chi connectivity index (χ1v) is 7.57. The third kappa shape index (κ3) is 2.53. The van der Waals surface area contributed by atoms with Crippen molar-refractivity contribution in [3.8, 4) is 0 Å². The van der Waals surface area contributed by atoms with Crippen molar-refractivity contribution in [1.29, 1.82) is 0 Å². The summed E-state index contributed by atoms with van der Waals surface area (Å²) < 4.78 is 6.98. The van der Waals surface area contributed by atoms with Crippen LogP contribution in [0, 0.1) is 6.92 Å². The molecular formula is C12H19N3O2S. The van der Waals surface area contributed by atoms with E-state index in [1.807, 2.05) is 23.3 Å². The third-order valence-electron chi connectivity index (χ3n) is 3.38. The van der Waals surface area contributed by atoms with E-state index in [1.165, 1.54) is 6.42 Å². The normalized spacial score (nSPS) is 23.3. The molecule has 0 spiro atoms. The summed E-state index contributed by atoms with van der Waals surface area (Å²) in [5.74, 6) is 0.775. The Kier molecular flexibility index (Phi) is 4.27. The number of carbonyl (C=O) groups is 1. The number of ether oxygens (including phenoxy) is 1. The van der Waals surface area contributed by atoms with Crippen LogP contribution >= 0.6 is 11.8 Å². The number of rotatable bonds is 4. The maximum Gasteiger partial charge on any atom is 0.376 e. The van der Waals surface area contributed by atoms with E-state index >= 15 is 0 Å². The van der Waals surface area contributed by atoms with Gasteiger partial charge in [-0.15, -0.1) is 10.2 Å². The van der Waals surface area contributed by atoms with E-state index in [2.05, 4.69) is 16.5 Å². The van der Waals surface area contributed by atoms with Crippen LogP contribution in [0.4, 0.5) is 0 Å². The van der Waals surface area contributed by atoms with E-state index in [9.17, 15) is 4.79 Å². The molecular weight excluding hydrogens is 250 g/mol. The Morgan fingerprint density at radius 2 is 2.28 bits per heavy atom. The van der Waals surface area contributed by atoms with Crippen molar-refractivity contribution in [3.05, 3.63) is 11.6 Å². The van der Waals surface area contributed by atoms with E-state index in [1.54, 1.807) is 6.92 Å². The Hall–Kier alpha value is -1.04. The van der Waals surface area contributed by atoms with Gasteiger partial charge in [-0.05, 0) is 39.4 Å². The van der Waals surface area contributed by atoms with Gasteiger partial charge in [-0.1, -0.05) is 0 Å². The zero-order valence-electron chi connectivity index (χ0n) is 11.0. The highest BCUT2D eigenvalue weighted by molar-refractivity contribution is 7.99. The molecule has 0 amide bonds. The second-order valence-electron chi connectivity index (χ2n) is 4.49. The first-order valence-electron chi connectivity index (χ1n) is 6.28. The summed E-state index contributed by atoms with van der Waals surface area (Å²) in [6.07, 6.45) is 5.48. The molecule has 2 atom stereocenters. The van der Waals surface area contributed by atoms with Crippen molar-refractivity contribution < 1.29 is 9.53 Å². The summed E-state index contributed by atoms with van der Waals surface area (Å²) in [5.41, 5.74) is 0. The van der Waals surface area contributed by atoms with Gasteiger partial charge in [0.15, 0.2) is 0 Å². The molecule has 0 aromatic carbocycles. The molecule has 0 aliphatic heterocycles. The number of carbonyl (C=O) groups excluding carboxylic acids is 1. The maximum absolute atomic E-state index is 11.8. The van der Waals surface area contributed by atoms with Gasteiger partial charge in [0.1, 0.15) is 5.82 Å². The monoisotopic (exact) mass is 269 g/mol. The third-order valence-corrected chi connectivity index (χ3v) is 4.47. The minimum atomic E-state index is -0.370. The summed E-state index contributed by atoms with van der Waals surface area (Å²) in [4.78, 5) is 11.8. The molecule has 1 aromatic heterocycles. The Balaban J connectivity index is 2.22. The molecule has 1 fully saturated rings. The van der Waals surface area contributed by atoms with Gasteiger partial charge in [0.25, 0.3) is 0 Å². The number of aromatic nitrogens is 3. The predicted molar refractivity (Wildman–Crippen MR) is 70.9 cm³/mol. The van der Waals surface area contributed by atoms with Crippen LogP contribution in [0.5, 0.6) is 0 Å². The zero-order chi connectivity index (χ0) is 13.1. The lowest BCUT2D eigenvalue weighted by molar-refractivity contribution is 0.0503. The molecule has 0 bridgehead atoms. The largest absolute Gasteiger partial charge is 0.460 e. The number of esters is 1. The molecule has 1 heterocycles. The van der Waals surface area contributed by atoms with Crippen LogP contribution in [0.3, 0.4) is 0 Å². The molecule has 0 radical (unpaired) electrons. The summed E-state index contributed by atoms with van der Waals surface area (Å²) in [5, 5.41) is 8.66. The maximum atomic E-state index is 11.8. The van der Waals surface area contributed by atoms with Gasteiger partial charge in [-0.25, -0.2) is 4.79 Å². The summed E-state index contributed by atoms with van der Waals surface area (Å²) in [6.45, 7) is 4.05. The van der Waals surface area contributed by atoms with E-state index in [0.29, 0.717) is 23.7 Å². The molecule has 0 N–H and O–H groups in total. The van der Waals surface area contributed by atoms with Gasteiger partial charge < -0.3 is 9.30 Å².